The van der Waals surface area contributed by atoms with Gasteiger partial charge in [0, 0.05) is 11.8 Å². The van der Waals surface area contributed by atoms with Crippen molar-refractivity contribution in [1.29, 1.82) is 0 Å². The molecule has 2 unspecified atom stereocenters. The van der Waals surface area contributed by atoms with Crippen molar-refractivity contribution in [2.45, 2.75) is 38.7 Å². The fraction of sp³-hybridized carbons (Fsp3) is 0.194. The molecular formula is C31H26F3N5O4. The van der Waals surface area contributed by atoms with Crippen molar-refractivity contribution < 1.29 is 18.1 Å². The van der Waals surface area contributed by atoms with Gasteiger partial charge in [0.15, 0.2) is 0 Å². The Hall–Kier alpha value is -5.26. The van der Waals surface area contributed by atoms with Gasteiger partial charge in [-0.3, -0.25) is 24.2 Å². The minimum Gasteiger partial charge on any atom is -0.279 e. The van der Waals surface area contributed by atoms with Gasteiger partial charge in [0.25, 0.3) is 0 Å². The minimum absolute atomic E-state index is 0.0349. The summed E-state index contributed by atoms with van der Waals surface area (Å²) in [6.45, 7) is 2.98. The number of halogens is 3. The predicted octanol–water partition coefficient (Wildman–Crippen LogP) is 6.07. The molecule has 0 bridgehead atoms. The molecule has 3 aromatic carbocycles. The maximum Gasteiger partial charge on any atom is 0.416 e. The first-order chi connectivity index (χ1) is 20.5. The normalized spacial score (nSPS) is 13.0. The van der Waals surface area contributed by atoms with E-state index in [1.165, 1.54) is 39.8 Å². The van der Waals surface area contributed by atoms with Crippen LogP contribution in [0.15, 0.2) is 107 Å². The molecule has 0 aliphatic carbocycles. The molecular weight excluding hydrogens is 563 g/mol. The van der Waals surface area contributed by atoms with Gasteiger partial charge < -0.3 is 0 Å². The third-order valence-corrected chi connectivity index (χ3v) is 7.38. The van der Waals surface area contributed by atoms with Crippen molar-refractivity contribution in [1.82, 2.24) is 18.9 Å². The SMILES string of the molecule is CC(c1ccccc1)n1c(-c2cnn(Cc3ccccc3C(F)(F)F)c2)c([N+](=O)[O-])c(=O)n(C(C)c2ccccc2)c1=O. The highest BCUT2D eigenvalue weighted by molar-refractivity contribution is 5.68. The van der Waals surface area contributed by atoms with Gasteiger partial charge in [0.1, 0.15) is 5.69 Å². The molecule has 0 saturated carbocycles. The molecule has 0 fully saturated rings. The van der Waals surface area contributed by atoms with Crippen LogP contribution in [-0.2, 0) is 12.7 Å². The first-order valence-corrected chi connectivity index (χ1v) is 13.3. The molecule has 220 valence electrons. The Morgan fingerprint density at radius 3 is 1.93 bits per heavy atom. The van der Waals surface area contributed by atoms with E-state index in [1.54, 1.807) is 74.5 Å². The van der Waals surface area contributed by atoms with Gasteiger partial charge in [-0.2, -0.15) is 18.3 Å². The van der Waals surface area contributed by atoms with Crippen LogP contribution in [0.2, 0.25) is 0 Å². The number of rotatable bonds is 8. The topological polar surface area (TPSA) is 105 Å². The highest BCUT2D eigenvalue weighted by Gasteiger charge is 2.35. The van der Waals surface area contributed by atoms with E-state index in [9.17, 15) is 32.9 Å². The Labute approximate surface area is 243 Å². The lowest BCUT2D eigenvalue weighted by Crippen LogP contribution is -2.44. The van der Waals surface area contributed by atoms with Crippen LogP contribution in [0.5, 0.6) is 0 Å². The van der Waals surface area contributed by atoms with Crippen molar-refractivity contribution >= 4 is 5.69 Å². The van der Waals surface area contributed by atoms with E-state index in [0.29, 0.717) is 11.1 Å². The van der Waals surface area contributed by atoms with Crippen LogP contribution in [-0.4, -0.2) is 23.8 Å². The van der Waals surface area contributed by atoms with Crippen molar-refractivity contribution in [2.24, 2.45) is 0 Å². The number of nitrogens with zero attached hydrogens (tertiary/aromatic N) is 5. The summed E-state index contributed by atoms with van der Waals surface area (Å²) in [5.41, 5.74) is -2.66. The Morgan fingerprint density at radius 1 is 0.837 bits per heavy atom. The lowest BCUT2D eigenvalue weighted by Gasteiger charge is -2.23. The van der Waals surface area contributed by atoms with Crippen LogP contribution in [0.4, 0.5) is 18.9 Å². The third-order valence-electron chi connectivity index (χ3n) is 7.38. The summed E-state index contributed by atoms with van der Waals surface area (Å²) in [7, 11) is 0. The predicted molar refractivity (Wildman–Crippen MR) is 154 cm³/mol. The van der Waals surface area contributed by atoms with Gasteiger partial charge in [-0.25, -0.2) is 9.36 Å². The summed E-state index contributed by atoms with van der Waals surface area (Å²) in [5, 5.41) is 16.7. The summed E-state index contributed by atoms with van der Waals surface area (Å²) in [5.74, 6) is 0. The molecule has 5 aromatic rings. The summed E-state index contributed by atoms with van der Waals surface area (Å²) >= 11 is 0. The summed E-state index contributed by atoms with van der Waals surface area (Å²) in [4.78, 5) is 39.6. The largest absolute Gasteiger partial charge is 0.416 e. The second kappa shape index (κ2) is 11.6. The lowest BCUT2D eigenvalue weighted by atomic mass is 10.1. The Bertz CT molecular complexity index is 1900. The van der Waals surface area contributed by atoms with Gasteiger partial charge >= 0.3 is 23.1 Å². The number of nitro groups is 1. The van der Waals surface area contributed by atoms with Crippen LogP contribution in [0.1, 0.15) is 48.2 Å². The van der Waals surface area contributed by atoms with Crippen molar-refractivity contribution in [2.75, 3.05) is 0 Å². The molecule has 12 heteroatoms. The van der Waals surface area contributed by atoms with Gasteiger partial charge in [-0.1, -0.05) is 78.9 Å². The first kappa shape index (κ1) is 29.2. The number of hydrogen-bond acceptors (Lipinski definition) is 5. The average Bonchev–Trinajstić information content (AvgIpc) is 3.45. The van der Waals surface area contributed by atoms with Gasteiger partial charge in [-0.15, -0.1) is 0 Å². The van der Waals surface area contributed by atoms with E-state index in [4.69, 9.17) is 0 Å². The van der Waals surface area contributed by atoms with E-state index >= 15 is 0 Å². The Morgan fingerprint density at radius 2 is 1.37 bits per heavy atom. The summed E-state index contributed by atoms with van der Waals surface area (Å²) < 4.78 is 44.0. The monoisotopic (exact) mass is 589 g/mol. The standard InChI is InChI=1S/C31H26F3N5O4/c1-20(22-11-5-3-6-12-22)37-27(25-17-35-36(19-25)18-24-15-9-10-16-26(24)31(32,33)34)28(39(42)43)29(40)38(30(37)41)21(2)23-13-7-4-8-14-23/h3-17,19-21H,18H2,1-2H3. The van der Waals surface area contributed by atoms with E-state index in [-0.39, 0.29) is 23.4 Å². The molecule has 2 heterocycles. The van der Waals surface area contributed by atoms with Gasteiger partial charge in [0.05, 0.1) is 35.3 Å². The zero-order valence-corrected chi connectivity index (χ0v) is 23.1. The Kier molecular flexibility index (Phi) is 7.85. The molecule has 9 nitrogen and oxygen atoms in total. The van der Waals surface area contributed by atoms with E-state index in [1.807, 2.05) is 0 Å². The number of aromatic nitrogens is 4. The van der Waals surface area contributed by atoms with Crippen LogP contribution in [0.3, 0.4) is 0 Å². The fourth-order valence-corrected chi connectivity index (χ4v) is 5.21. The van der Waals surface area contributed by atoms with Gasteiger partial charge in [-0.05, 0) is 36.6 Å². The number of hydrogen-bond donors (Lipinski definition) is 0. The zero-order valence-electron chi connectivity index (χ0n) is 23.1. The fourth-order valence-electron chi connectivity index (χ4n) is 5.21. The zero-order chi connectivity index (χ0) is 30.9. The van der Waals surface area contributed by atoms with E-state index < -0.39 is 45.7 Å². The second-order valence-corrected chi connectivity index (χ2v) is 10.0. The number of alkyl halides is 3. The van der Waals surface area contributed by atoms with Gasteiger partial charge in [0.2, 0.25) is 0 Å². The maximum atomic E-state index is 14.2. The van der Waals surface area contributed by atoms with Crippen LogP contribution in [0.25, 0.3) is 11.3 Å². The molecule has 0 aliphatic rings. The smallest absolute Gasteiger partial charge is 0.279 e. The molecule has 2 atom stereocenters. The third kappa shape index (κ3) is 5.63. The quantitative estimate of drug-likeness (QED) is 0.161. The maximum absolute atomic E-state index is 14.2. The number of benzene rings is 3. The first-order valence-electron chi connectivity index (χ1n) is 13.3. The molecule has 43 heavy (non-hydrogen) atoms. The van der Waals surface area contributed by atoms with E-state index in [2.05, 4.69) is 5.10 Å². The van der Waals surface area contributed by atoms with Crippen LogP contribution < -0.4 is 11.2 Å². The summed E-state index contributed by atoms with van der Waals surface area (Å²) in [6.07, 6.45) is -2.10. The molecule has 5 rings (SSSR count). The van der Waals surface area contributed by atoms with Crippen molar-refractivity contribution in [3.8, 4) is 11.3 Å². The lowest BCUT2D eigenvalue weighted by molar-refractivity contribution is -0.386. The second-order valence-electron chi connectivity index (χ2n) is 10.0. The molecule has 0 N–H and O–H groups in total. The van der Waals surface area contributed by atoms with Crippen molar-refractivity contribution in [3.63, 3.8) is 0 Å². The molecule has 2 aromatic heterocycles. The molecule has 0 aliphatic heterocycles. The average molecular weight is 590 g/mol. The van der Waals surface area contributed by atoms with Crippen LogP contribution >= 0.6 is 0 Å². The molecule has 0 radical (unpaired) electrons. The highest BCUT2D eigenvalue weighted by atomic mass is 19.4. The van der Waals surface area contributed by atoms with Crippen molar-refractivity contribution in [3.05, 3.63) is 151 Å². The Balaban J connectivity index is 1.74. The van der Waals surface area contributed by atoms with E-state index in [0.717, 1.165) is 10.6 Å². The molecule has 0 saturated heterocycles. The molecule has 0 amide bonds. The highest BCUT2D eigenvalue weighted by Crippen LogP contribution is 2.34. The minimum atomic E-state index is -4.60. The molecule has 0 spiro atoms. The summed E-state index contributed by atoms with van der Waals surface area (Å²) in [6, 6.07) is 20.8. The van der Waals surface area contributed by atoms with Crippen LogP contribution in [0, 0.1) is 10.1 Å².